The maximum Gasteiger partial charge on any atom is 0.308 e. The second kappa shape index (κ2) is 6.60. The van der Waals surface area contributed by atoms with Gasteiger partial charge in [0.2, 0.25) is 0 Å². The van der Waals surface area contributed by atoms with Gasteiger partial charge in [0, 0.05) is 18.5 Å². The zero-order chi connectivity index (χ0) is 16.4. The summed E-state index contributed by atoms with van der Waals surface area (Å²) in [5.74, 6) is -1.24. The first-order chi connectivity index (χ1) is 10.3. The average molecular weight is 326 g/mol. The summed E-state index contributed by atoms with van der Waals surface area (Å²) in [7, 11) is 0. The Morgan fingerprint density at radius 1 is 1.41 bits per heavy atom. The van der Waals surface area contributed by atoms with Gasteiger partial charge in [-0.05, 0) is 12.8 Å². The number of carboxylic acid groups (broad SMARTS) is 1. The molecule has 0 spiro atoms. The van der Waals surface area contributed by atoms with Gasteiger partial charge in [0.05, 0.1) is 17.1 Å². The minimum Gasteiger partial charge on any atom is -0.481 e. The van der Waals surface area contributed by atoms with Crippen LogP contribution in [-0.2, 0) is 4.79 Å². The zero-order valence-corrected chi connectivity index (χ0v) is 13.7. The van der Waals surface area contributed by atoms with Gasteiger partial charge in [-0.1, -0.05) is 32.4 Å². The predicted molar refractivity (Wildman–Crippen MR) is 82.0 cm³/mol. The van der Waals surface area contributed by atoms with Gasteiger partial charge >= 0.3 is 5.97 Å². The number of carboxylic acids is 1. The van der Waals surface area contributed by atoms with E-state index in [9.17, 15) is 9.59 Å². The molecule has 120 valence electrons. The number of hydrogen-bond acceptors (Lipinski definition) is 4. The Kier molecular flexibility index (Phi) is 5.01. The third-order valence-electron chi connectivity index (χ3n) is 3.62. The minimum absolute atomic E-state index is 0.0798. The van der Waals surface area contributed by atoms with Crippen LogP contribution in [0.4, 0.5) is 0 Å². The first-order valence-electron chi connectivity index (χ1n) is 7.37. The van der Waals surface area contributed by atoms with Crippen LogP contribution in [0.1, 0.15) is 55.8 Å². The fraction of sp³-hybridized carbons (Fsp3) is 0.600. The number of nitrogens with zero attached hydrogens (tertiary/aromatic N) is 3. The number of aromatic nitrogens is 2. The molecule has 1 atom stereocenters. The maximum absolute atomic E-state index is 12.7. The molecule has 0 aliphatic heterocycles. The SMILES string of the molecule is CC(C)c1ncc(Cl)c(C(=O)N(C[C@H](C)C(=O)O)C2CC2)n1. The third kappa shape index (κ3) is 3.74. The first-order valence-corrected chi connectivity index (χ1v) is 7.75. The van der Waals surface area contributed by atoms with E-state index in [1.807, 2.05) is 13.8 Å². The molecule has 1 heterocycles. The van der Waals surface area contributed by atoms with E-state index in [4.69, 9.17) is 16.7 Å². The lowest BCUT2D eigenvalue weighted by Gasteiger charge is -2.24. The van der Waals surface area contributed by atoms with Crippen molar-refractivity contribution in [2.45, 2.75) is 45.6 Å². The van der Waals surface area contributed by atoms with E-state index in [-0.39, 0.29) is 35.1 Å². The van der Waals surface area contributed by atoms with E-state index < -0.39 is 11.9 Å². The van der Waals surface area contributed by atoms with Crippen LogP contribution in [0.3, 0.4) is 0 Å². The molecule has 7 heteroatoms. The van der Waals surface area contributed by atoms with Crippen molar-refractivity contribution >= 4 is 23.5 Å². The standard InChI is InChI=1S/C15H20ClN3O3/c1-8(2)13-17-6-11(16)12(18-13)14(20)19(10-4-5-10)7-9(3)15(21)22/h6,8-10H,4-5,7H2,1-3H3,(H,21,22)/t9-/m0/s1. The number of amides is 1. The molecule has 1 amide bonds. The summed E-state index contributed by atoms with van der Waals surface area (Å²) in [4.78, 5) is 33.8. The molecule has 0 bridgehead atoms. The Bertz CT molecular complexity index is 587. The third-order valence-corrected chi connectivity index (χ3v) is 3.90. The summed E-state index contributed by atoms with van der Waals surface area (Å²) >= 11 is 6.08. The summed E-state index contributed by atoms with van der Waals surface area (Å²) < 4.78 is 0. The van der Waals surface area contributed by atoms with Crippen LogP contribution in [0.5, 0.6) is 0 Å². The van der Waals surface area contributed by atoms with Crippen molar-refractivity contribution in [2.24, 2.45) is 5.92 Å². The lowest BCUT2D eigenvalue weighted by molar-refractivity contribution is -0.141. The Hall–Kier alpha value is -1.69. The highest BCUT2D eigenvalue weighted by atomic mass is 35.5. The Morgan fingerprint density at radius 2 is 2.05 bits per heavy atom. The lowest BCUT2D eigenvalue weighted by Crippen LogP contribution is -2.39. The second-order valence-electron chi connectivity index (χ2n) is 6.01. The van der Waals surface area contributed by atoms with E-state index >= 15 is 0 Å². The van der Waals surface area contributed by atoms with E-state index in [2.05, 4.69) is 9.97 Å². The smallest absolute Gasteiger partial charge is 0.308 e. The van der Waals surface area contributed by atoms with Crippen molar-refractivity contribution < 1.29 is 14.7 Å². The monoisotopic (exact) mass is 325 g/mol. The maximum atomic E-state index is 12.7. The Labute approximate surface area is 134 Å². The number of halogens is 1. The van der Waals surface area contributed by atoms with E-state index in [0.717, 1.165) is 12.8 Å². The second-order valence-corrected chi connectivity index (χ2v) is 6.41. The van der Waals surface area contributed by atoms with Crippen molar-refractivity contribution in [1.82, 2.24) is 14.9 Å². The molecule has 0 saturated heterocycles. The van der Waals surface area contributed by atoms with Gasteiger partial charge in [-0.25, -0.2) is 9.97 Å². The molecular formula is C15H20ClN3O3. The van der Waals surface area contributed by atoms with Crippen molar-refractivity contribution in [3.05, 3.63) is 22.7 Å². The topological polar surface area (TPSA) is 83.4 Å². The van der Waals surface area contributed by atoms with Gasteiger partial charge in [-0.15, -0.1) is 0 Å². The quantitative estimate of drug-likeness (QED) is 0.869. The first kappa shape index (κ1) is 16.7. The molecule has 0 radical (unpaired) electrons. The summed E-state index contributed by atoms with van der Waals surface area (Å²) in [6.07, 6.45) is 3.21. The summed E-state index contributed by atoms with van der Waals surface area (Å²) in [6.45, 7) is 5.62. The van der Waals surface area contributed by atoms with E-state index in [0.29, 0.717) is 5.82 Å². The molecule has 0 aromatic carbocycles. The van der Waals surface area contributed by atoms with Crippen LogP contribution < -0.4 is 0 Å². The fourth-order valence-corrected chi connectivity index (χ4v) is 2.27. The van der Waals surface area contributed by atoms with Gasteiger partial charge in [0.1, 0.15) is 5.82 Å². The molecule has 1 saturated carbocycles. The van der Waals surface area contributed by atoms with Crippen LogP contribution in [0.15, 0.2) is 6.20 Å². The van der Waals surface area contributed by atoms with Crippen molar-refractivity contribution in [2.75, 3.05) is 6.54 Å². The van der Waals surface area contributed by atoms with Crippen LogP contribution >= 0.6 is 11.6 Å². The molecule has 1 aromatic heterocycles. The molecule has 1 aliphatic carbocycles. The van der Waals surface area contributed by atoms with Crippen LogP contribution in [0.2, 0.25) is 5.02 Å². The molecule has 22 heavy (non-hydrogen) atoms. The Balaban J connectivity index is 2.27. The predicted octanol–water partition coefficient (Wildman–Crippen LogP) is 2.58. The van der Waals surface area contributed by atoms with Gasteiger partial charge in [0.25, 0.3) is 5.91 Å². The van der Waals surface area contributed by atoms with E-state index in [1.54, 1.807) is 11.8 Å². The molecule has 2 rings (SSSR count). The molecule has 6 nitrogen and oxygen atoms in total. The number of aliphatic carboxylic acids is 1. The van der Waals surface area contributed by atoms with Crippen molar-refractivity contribution in [3.8, 4) is 0 Å². The summed E-state index contributed by atoms with van der Waals surface area (Å²) in [5, 5.41) is 9.26. The summed E-state index contributed by atoms with van der Waals surface area (Å²) in [5.41, 5.74) is 0.157. The van der Waals surface area contributed by atoms with E-state index in [1.165, 1.54) is 6.20 Å². The average Bonchev–Trinajstić information content (AvgIpc) is 3.28. The largest absolute Gasteiger partial charge is 0.481 e. The number of hydrogen-bond donors (Lipinski definition) is 1. The van der Waals surface area contributed by atoms with Crippen LogP contribution in [0, 0.1) is 5.92 Å². The fourth-order valence-electron chi connectivity index (χ4n) is 2.10. The van der Waals surface area contributed by atoms with Crippen LogP contribution in [0.25, 0.3) is 0 Å². The van der Waals surface area contributed by atoms with Gasteiger partial charge in [-0.3, -0.25) is 9.59 Å². The van der Waals surface area contributed by atoms with Crippen molar-refractivity contribution in [3.63, 3.8) is 0 Å². The lowest BCUT2D eigenvalue weighted by atomic mass is 10.1. The zero-order valence-electron chi connectivity index (χ0n) is 12.9. The number of carbonyl (C=O) groups is 2. The highest BCUT2D eigenvalue weighted by Gasteiger charge is 2.36. The van der Waals surface area contributed by atoms with Gasteiger partial charge in [0.15, 0.2) is 5.69 Å². The molecule has 1 aliphatic rings. The minimum atomic E-state index is -0.921. The molecule has 1 N–H and O–H groups in total. The molecule has 1 fully saturated rings. The molecule has 0 unspecified atom stereocenters. The molecular weight excluding hydrogens is 306 g/mol. The Morgan fingerprint density at radius 3 is 2.55 bits per heavy atom. The normalized spacial score (nSPS) is 15.7. The molecule has 1 aromatic rings. The highest BCUT2D eigenvalue weighted by Crippen LogP contribution is 2.30. The van der Waals surface area contributed by atoms with Gasteiger partial charge in [-0.2, -0.15) is 0 Å². The highest BCUT2D eigenvalue weighted by molar-refractivity contribution is 6.33. The van der Waals surface area contributed by atoms with Crippen LogP contribution in [-0.4, -0.2) is 44.4 Å². The number of carbonyl (C=O) groups excluding carboxylic acids is 1. The van der Waals surface area contributed by atoms with Crippen molar-refractivity contribution in [1.29, 1.82) is 0 Å². The number of rotatable bonds is 6. The summed E-state index contributed by atoms with van der Waals surface area (Å²) in [6, 6.07) is 0.0860. The van der Waals surface area contributed by atoms with Gasteiger partial charge < -0.3 is 10.0 Å².